The van der Waals surface area contributed by atoms with Gasteiger partial charge in [0.15, 0.2) is 0 Å². The predicted octanol–water partition coefficient (Wildman–Crippen LogP) is 3.34. The van der Waals surface area contributed by atoms with Gasteiger partial charge < -0.3 is 4.74 Å². The summed E-state index contributed by atoms with van der Waals surface area (Å²) in [6, 6.07) is 6.06. The second kappa shape index (κ2) is 4.17. The molecule has 0 aromatic heterocycles. The van der Waals surface area contributed by atoms with Crippen LogP contribution >= 0.6 is 0 Å². The van der Waals surface area contributed by atoms with Crippen LogP contribution in [0.2, 0.25) is 0 Å². The van der Waals surface area contributed by atoms with Crippen molar-refractivity contribution in [3.63, 3.8) is 0 Å². The highest BCUT2D eigenvalue weighted by Crippen LogP contribution is 2.39. The third-order valence-electron chi connectivity index (χ3n) is 3.48. The van der Waals surface area contributed by atoms with E-state index in [1.54, 1.807) is 7.11 Å². The van der Waals surface area contributed by atoms with Crippen LogP contribution in [0.25, 0.3) is 0 Å². The SMILES string of the molecule is COc1ccc2c(c1)CCC2C(=O)C(C)(C)C. The number of ether oxygens (including phenoxy) is 1. The minimum absolute atomic E-state index is 0.0795. The number of Topliss-reactive ketones (excluding diaryl/α,β-unsaturated/α-hetero) is 1. The van der Waals surface area contributed by atoms with Crippen molar-refractivity contribution in [2.45, 2.75) is 39.5 Å². The minimum Gasteiger partial charge on any atom is -0.497 e. The van der Waals surface area contributed by atoms with E-state index in [0.717, 1.165) is 18.6 Å². The fourth-order valence-electron chi connectivity index (χ4n) is 2.52. The second-order valence-electron chi connectivity index (χ2n) is 5.77. The lowest BCUT2D eigenvalue weighted by molar-refractivity contribution is -0.127. The number of aryl methyl sites for hydroxylation is 1. The lowest BCUT2D eigenvalue weighted by Gasteiger charge is -2.22. The molecule has 0 heterocycles. The number of hydrogen-bond acceptors (Lipinski definition) is 2. The first kappa shape index (κ1) is 12.2. The molecule has 1 aromatic carbocycles. The van der Waals surface area contributed by atoms with Gasteiger partial charge in [-0.2, -0.15) is 0 Å². The highest BCUT2D eigenvalue weighted by molar-refractivity contribution is 5.91. The van der Waals surface area contributed by atoms with Gasteiger partial charge in [-0.1, -0.05) is 26.8 Å². The zero-order valence-electron chi connectivity index (χ0n) is 11.0. The minimum atomic E-state index is -0.258. The first-order valence-corrected chi connectivity index (χ1v) is 6.14. The van der Waals surface area contributed by atoms with Crippen molar-refractivity contribution in [2.24, 2.45) is 5.41 Å². The standard InChI is InChI=1S/C15H20O2/c1-15(2,3)14(16)13-7-5-10-9-11(17-4)6-8-12(10)13/h6,8-9,13H,5,7H2,1-4H3. The number of carbonyl (C=O) groups excluding carboxylic acids is 1. The summed E-state index contributed by atoms with van der Waals surface area (Å²) in [6.45, 7) is 5.99. The van der Waals surface area contributed by atoms with Crippen LogP contribution in [0.5, 0.6) is 5.75 Å². The molecule has 0 aliphatic heterocycles. The summed E-state index contributed by atoms with van der Waals surface area (Å²) in [7, 11) is 1.68. The molecular formula is C15H20O2. The molecule has 0 amide bonds. The Morgan fingerprint density at radius 1 is 1.35 bits per heavy atom. The fourth-order valence-corrected chi connectivity index (χ4v) is 2.52. The monoisotopic (exact) mass is 232 g/mol. The van der Waals surface area contributed by atoms with E-state index in [2.05, 4.69) is 12.1 Å². The number of fused-ring (bicyclic) bond motifs is 1. The van der Waals surface area contributed by atoms with Gasteiger partial charge in [-0.25, -0.2) is 0 Å². The summed E-state index contributed by atoms with van der Waals surface area (Å²) in [5, 5.41) is 0. The van der Waals surface area contributed by atoms with Crippen LogP contribution in [0.3, 0.4) is 0 Å². The zero-order valence-corrected chi connectivity index (χ0v) is 11.0. The van der Waals surface area contributed by atoms with E-state index in [9.17, 15) is 4.79 Å². The second-order valence-corrected chi connectivity index (χ2v) is 5.77. The van der Waals surface area contributed by atoms with Gasteiger partial charge in [0.05, 0.1) is 7.11 Å². The predicted molar refractivity (Wildman–Crippen MR) is 68.5 cm³/mol. The van der Waals surface area contributed by atoms with Crippen molar-refractivity contribution >= 4 is 5.78 Å². The van der Waals surface area contributed by atoms with Crippen LogP contribution in [-0.4, -0.2) is 12.9 Å². The molecule has 1 aromatic rings. The number of methoxy groups -OCH3 is 1. The van der Waals surface area contributed by atoms with Crippen molar-refractivity contribution in [3.05, 3.63) is 29.3 Å². The lowest BCUT2D eigenvalue weighted by atomic mass is 9.80. The molecule has 1 aliphatic carbocycles. The Morgan fingerprint density at radius 2 is 2.06 bits per heavy atom. The molecule has 2 rings (SSSR count). The molecule has 0 spiro atoms. The van der Waals surface area contributed by atoms with E-state index < -0.39 is 0 Å². The van der Waals surface area contributed by atoms with Crippen LogP contribution in [-0.2, 0) is 11.2 Å². The smallest absolute Gasteiger partial charge is 0.145 e. The Kier molecular flexibility index (Phi) is 2.98. The maximum absolute atomic E-state index is 12.4. The first-order chi connectivity index (χ1) is 7.93. The Morgan fingerprint density at radius 3 is 2.65 bits per heavy atom. The van der Waals surface area contributed by atoms with Crippen molar-refractivity contribution < 1.29 is 9.53 Å². The average Bonchev–Trinajstić information content (AvgIpc) is 2.69. The van der Waals surface area contributed by atoms with Crippen LogP contribution in [0.4, 0.5) is 0 Å². The summed E-state index contributed by atoms with van der Waals surface area (Å²) >= 11 is 0. The number of ketones is 1. The highest BCUT2D eigenvalue weighted by Gasteiger charge is 2.34. The molecule has 2 heteroatoms. The van der Waals surface area contributed by atoms with Gasteiger partial charge in [0, 0.05) is 11.3 Å². The van der Waals surface area contributed by atoms with Crippen LogP contribution < -0.4 is 4.74 Å². The summed E-state index contributed by atoms with van der Waals surface area (Å²) in [5.74, 6) is 1.31. The maximum Gasteiger partial charge on any atom is 0.145 e. The average molecular weight is 232 g/mol. The van der Waals surface area contributed by atoms with Gasteiger partial charge in [0.25, 0.3) is 0 Å². The third kappa shape index (κ3) is 2.21. The first-order valence-electron chi connectivity index (χ1n) is 6.14. The van der Waals surface area contributed by atoms with Crippen molar-refractivity contribution in [2.75, 3.05) is 7.11 Å². The molecule has 0 saturated carbocycles. The van der Waals surface area contributed by atoms with Gasteiger partial charge in [-0.15, -0.1) is 0 Å². The number of hydrogen-bond donors (Lipinski definition) is 0. The molecule has 0 radical (unpaired) electrons. The molecular weight excluding hydrogens is 212 g/mol. The lowest BCUT2D eigenvalue weighted by Crippen LogP contribution is -2.25. The van der Waals surface area contributed by atoms with E-state index in [1.165, 1.54) is 11.1 Å². The molecule has 0 N–H and O–H groups in total. The Bertz CT molecular complexity index is 441. The van der Waals surface area contributed by atoms with Crippen molar-refractivity contribution in [1.29, 1.82) is 0 Å². The molecule has 92 valence electrons. The number of benzene rings is 1. The van der Waals surface area contributed by atoms with Crippen molar-refractivity contribution in [1.82, 2.24) is 0 Å². The van der Waals surface area contributed by atoms with E-state index in [1.807, 2.05) is 26.8 Å². The van der Waals surface area contributed by atoms with E-state index in [0.29, 0.717) is 5.78 Å². The van der Waals surface area contributed by atoms with E-state index >= 15 is 0 Å². The highest BCUT2D eigenvalue weighted by atomic mass is 16.5. The van der Waals surface area contributed by atoms with Crippen molar-refractivity contribution in [3.8, 4) is 5.75 Å². The molecule has 0 saturated heterocycles. The summed E-state index contributed by atoms with van der Waals surface area (Å²) < 4.78 is 5.22. The largest absolute Gasteiger partial charge is 0.497 e. The number of rotatable bonds is 2. The van der Waals surface area contributed by atoms with Crippen LogP contribution in [0.1, 0.15) is 44.2 Å². The van der Waals surface area contributed by atoms with Crippen LogP contribution in [0, 0.1) is 5.41 Å². The summed E-state index contributed by atoms with van der Waals surface area (Å²) in [5.41, 5.74) is 2.21. The van der Waals surface area contributed by atoms with Gasteiger partial charge in [0.1, 0.15) is 11.5 Å². The quantitative estimate of drug-likeness (QED) is 0.781. The topological polar surface area (TPSA) is 26.3 Å². The molecule has 1 atom stereocenters. The maximum atomic E-state index is 12.4. The number of carbonyl (C=O) groups is 1. The van der Waals surface area contributed by atoms with E-state index in [-0.39, 0.29) is 11.3 Å². The van der Waals surface area contributed by atoms with E-state index in [4.69, 9.17) is 4.74 Å². The molecule has 1 aliphatic rings. The Balaban J connectivity index is 2.32. The Hall–Kier alpha value is -1.31. The zero-order chi connectivity index (χ0) is 12.6. The Labute approximate surface area is 103 Å². The fraction of sp³-hybridized carbons (Fsp3) is 0.533. The van der Waals surface area contributed by atoms with Crippen LogP contribution in [0.15, 0.2) is 18.2 Å². The van der Waals surface area contributed by atoms with Gasteiger partial charge in [-0.05, 0) is 36.1 Å². The van der Waals surface area contributed by atoms with Gasteiger partial charge in [0.2, 0.25) is 0 Å². The molecule has 17 heavy (non-hydrogen) atoms. The van der Waals surface area contributed by atoms with Gasteiger partial charge >= 0.3 is 0 Å². The normalized spacial score (nSPS) is 18.9. The summed E-state index contributed by atoms with van der Waals surface area (Å²) in [4.78, 5) is 12.4. The molecule has 0 bridgehead atoms. The molecule has 2 nitrogen and oxygen atoms in total. The van der Waals surface area contributed by atoms with Gasteiger partial charge in [-0.3, -0.25) is 4.79 Å². The third-order valence-corrected chi connectivity index (χ3v) is 3.48. The summed E-state index contributed by atoms with van der Waals surface area (Å²) in [6.07, 6.45) is 1.93. The molecule has 1 unspecified atom stereocenters. The molecule has 0 fully saturated rings.